The number of phenolic OH excluding ortho intramolecular Hbond substituents is 1. The Labute approximate surface area is 179 Å². The van der Waals surface area contributed by atoms with Crippen LogP contribution in [0.25, 0.3) is 5.57 Å². The molecule has 5 nitrogen and oxygen atoms in total. The van der Waals surface area contributed by atoms with Gasteiger partial charge in [0.15, 0.2) is 0 Å². The number of aliphatic hydroxyl groups excluding tert-OH is 1. The van der Waals surface area contributed by atoms with Gasteiger partial charge in [-0.1, -0.05) is 31.9 Å². The van der Waals surface area contributed by atoms with Gasteiger partial charge in [-0.2, -0.15) is 0 Å². The van der Waals surface area contributed by atoms with Gasteiger partial charge in [0.25, 0.3) is 0 Å². The van der Waals surface area contributed by atoms with E-state index in [0.717, 1.165) is 35.5 Å². The second kappa shape index (κ2) is 11.0. The highest BCUT2D eigenvalue weighted by atomic mass is 16.5. The van der Waals surface area contributed by atoms with Crippen LogP contribution < -0.4 is 9.47 Å². The first-order chi connectivity index (χ1) is 14.6. The number of rotatable bonds is 11. The summed E-state index contributed by atoms with van der Waals surface area (Å²) < 4.78 is 12.0. The number of ether oxygens (including phenoxy) is 2. The molecule has 0 radical (unpaired) electrons. The Morgan fingerprint density at radius 1 is 1.07 bits per heavy atom. The van der Waals surface area contributed by atoms with E-state index in [0.29, 0.717) is 18.8 Å². The lowest BCUT2D eigenvalue weighted by atomic mass is 9.95. The zero-order valence-electron chi connectivity index (χ0n) is 18.0. The van der Waals surface area contributed by atoms with Crippen molar-refractivity contribution in [3.05, 3.63) is 59.7 Å². The van der Waals surface area contributed by atoms with E-state index in [1.54, 1.807) is 12.1 Å². The largest absolute Gasteiger partial charge is 0.508 e. The highest BCUT2D eigenvalue weighted by molar-refractivity contribution is 5.73. The summed E-state index contributed by atoms with van der Waals surface area (Å²) in [6, 6.07) is 13.0. The highest BCUT2D eigenvalue weighted by Gasteiger charge is 2.22. The van der Waals surface area contributed by atoms with Crippen molar-refractivity contribution in [3.8, 4) is 17.2 Å². The lowest BCUT2D eigenvalue weighted by Gasteiger charge is -2.26. The molecule has 30 heavy (non-hydrogen) atoms. The molecule has 3 rings (SSSR count). The normalized spacial score (nSPS) is 15.5. The number of nitrogens with zero attached hydrogens (tertiary/aromatic N) is 1. The Morgan fingerprint density at radius 3 is 2.60 bits per heavy atom. The van der Waals surface area contributed by atoms with Crippen molar-refractivity contribution >= 4 is 5.57 Å². The number of benzene rings is 2. The van der Waals surface area contributed by atoms with E-state index >= 15 is 0 Å². The van der Waals surface area contributed by atoms with E-state index in [1.165, 1.54) is 19.3 Å². The zero-order chi connectivity index (χ0) is 21.3. The van der Waals surface area contributed by atoms with Gasteiger partial charge in [-0.15, -0.1) is 0 Å². The topological polar surface area (TPSA) is 62.2 Å². The third-order valence-corrected chi connectivity index (χ3v) is 5.39. The maximum Gasteiger partial charge on any atom is 0.143 e. The molecule has 0 saturated carbocycles. The first-order valence-corrected chi connectivity index (χ1v) is 10.8. The number of unbranched alkanes of at least 4 members (excludes halogenated alkanes) is 2. The van der Waals surface area contributed by atoms with Crippen LogP contribution in [0.1, 0.15) is 49.8 Å². The maximum atomic E-state index is 9.81. The minimum atomic E-state index is -0.264. The molecule has 2 N–H and O–H groups in total. The summed E-state index contributed by atoms with van der Waals surface area (Å²) in [6.07, 6.45) is 6.07. The number of fused-ring (bicyclic) bond motifs is 1. The SMILES string of the molecule is CCCCCN(C)CCOc1ccc(C2C=C(CCO)c3ccc(O)cc3O2)cc1. The predicted molar refractivity (Wildman–Crippen MR) is 120 cm³/mol. The minimum absolute atomic E-state index is 0.0680. The van der Waals surface area contributed by atoms with Gasteiger partial charge in [-0.3, -0.25) is 0 Å². The molecule has 0 amide bonds. The summed E-state index contributed by atoms with van der Waals surface area (Å²) in [5.74, 6) is 1.65. The van der Waals surface area contributed by atoms with Crippen LogP contribution in [0.4, 0.5) is 0 Å². The van der Waals surface area contributed by atoms with Gasteiger partial charge in [0.2, 0.25) is 0 Å². The van der Waals surface area contributed by atoms with E-state index in [4.69, 9.17) is 9.47 Å². The van der Waals surface area contributed by atoms with Crippen LogP contribution in [-0.2, 0) is 0 Å². The maximum absolute atomic E-state index is 9.81. The third-order valence-electron chi connectivity index (χ3n) is 5.39. The van der Waals surface area contributed by atoms with Crippen LogP contribution in [0, 0.1) is 0 Å². The van der Waals surface area contributed by atoms with Crippen LogP contribution in [-0.4, -0.2) is 48.5 Å². The van der Waals surface area contributed by atoms with Gasteiger partial charge in [0.1, 0.15) is 30.0 Å². The molecular weight excluding hydrogens is 378 g/mol. The minimum Gasteiger partial charge on any atom is -0.508 e. The predicted octanol–water partition coefficient (Wildman–Crippen LogP) is 4.79. The van der Waals surface area contributed by atoms with Crippen molar-refractivity contribution in [2.45, 2.75) is 38.7 Å². The van der Waals surface area contributed by atoms with E-state index in [-0.39, 0.29) is 18.5 Å². The second-order valence-corrected chi connectivity index (χ2v) is 7.81. The van der Waals surface area contributed by atoms with Crippen molar-refractivity contribution in [2.24, 2.45) is 0 Å². The smallest absolute Gasteiger partial charge is 0.143 e. The number of hydrogen-bond acceptors (Lipinski definition) is 5. The molecule has 5 heteroatoms. The Bertz CT molecular complexity index is 832. The lowest BCUT2D eigenvalue weighted by Crippen LogP contribution is -2.25. The lowest BCUT2D eigenvalue weighted by molar-refractivity contribution is 0.234. The summed E-state index contributed by atoms with van der Waals surface area (Å²) in [7, 11) is 2.13. The van der Waals surface area contributed by atoms with Crippen LogP contribution >= 0.6 is 0 Å². The molecular formula is C25H33NO4. The first kappa shape index (κ1) is 22.2. The van der Waals surface area contributed by atoms with Crippen molar-refractivity contribution in [3.63, 3.8) is 0 Å². The molecule has 0 bridgehead atoms. The molecule has 1 aliphatic rings. The van der Waals surface area contributed by atoms with Crippen molar-refractivity contribution in [1.29, 1.82) is 0 Å². The quantitative estimate of drug-likeness (QED) is 0.521. The van der Waals surface area contributed by atoms with Gasteiger partial charge < -0.3 is 24.6 Å². The Balaban J connectivity index is 1.60. The molecule has 2 aromatic carbocycles. The summed E-state index contributed by atoms with van der Waals surface area (Å²) in [6.45, 7) is 4.96. The molecule has 1 atom stereocenters. The average molecular weight is 412 g/mol. The van der Waals surface area contributed by atoms with Crippen molar-refractivity contribution < 1.29 is 19.7 Å². The van der Waals surface area contributed by atoms with E-state index in [9.17, 15) is 10.2 Å². The fraction of sp³-hybridized carbons (Fsp3) is 0.440. The molecule has 1 aliphatic heterocycles. The van der Waals surface area contributed by atoms with E-state index in [1.807, 2.05) is 36.4 Å². The third kappa shape index (κ3) is 6.00. The van der Waals surface area contributed by atoms with Crippen molar-refractivity contribution in [1.82, 2.24) is 4.90 Å². The second-order valence-electron chi connectivity index (χ2n) is 7.81. The van der Waals surface area contributed by atoms with Crippen LogP contribution in [0.5, 0.6) is 17.2 Å². The number of aliphatic hydroxyl groups is 1. The number of phenols is 1. The average Bonchev–Trinajstić information content (AvgIpc) is 2.74. The van der Waals surface area contributed by atoms with Gasteiger partial charge in [-0.25, -0.2) is 0 Å². The standard InChI is InChI=1S/C25H33NO4/c1-3-4-5-13-26(2)14-16-29-22-9-6-19(7-10-22)24-17-20(12-15-27)23-11-8-21(28)18-25(23)30-24/h6-11,17-18,24,27-28H,3-5,12-16H2,1-2H3. The summed E-state index contributed by atoms with van der Waals surface area (Å²) in [5.41, 5.74) is 2.94. The van der Waals surface area contributed by atoms with E-state index in [2.05, 4.69) is 18.9 Å². The fourth-order valence-corrected chi connectivity index (χ4v) is 3.64. The molecule has 1 heterocycles. The summed E-state index contributed by atoms with van der Waals surface area (Å²) in [4.78, 5) is 2.31. The van der Waals surface area contributed by atoms with Crippen molar-refractivity contribution in [2.75, 3.05) is 33.4 Å². The summed E-state index contributed by atoms with van der Waals surface area (Å²) in [5, 5.41) is 19.2. The Hall–Kier alpha value is -2.50. The Kier molecular flexibility index (Phi) is 8.17. The molecule has 0 saturated heterocycles. The monoisotopic (exact) mass is 411 g/mol. The molecule has 162 valence electrons. The zero-order valence-corrected chi connectivity index (χ0v) is 18.0. The number of aromatic hydroxyl groups is 1. The van der Waals surface area contributed by atoms with E-state index < -0.39 is 0 Å². The number of hydrogen-bond donors (Lipinski definition) is 2. The van der Waals surface area contributed by atoms with Crippen LogP contribution in [0.15, 0.2) is 48.5 Å². The molecule has 0 fully saturated rings. The summed E-state index contributed by atoms with van der Waals surface area (Å²) >= 11 is 0. The van der Waals surface area contributed by atoms with Gasteiger partial charge in [0, 0.05) is 24.8 Å². The number of likely N-dealkylation sites (N-methyl/N-ethyl adjacent to an activating group) is 1. The van der Waals surface area contributed by atoms with Crippen LogP contribution in [0.2, 0.25) is 0 Å². The molecule has 1 unspecified atom stereocenters. The molecule has 0 spiro atoms. The first-order valence-electron chi connectivity index (χ1n) is 10.8. The van der Waals surface area contributed by atoms with Gasteiger partial charge in [-0.05, 0) is 67.9 Å². The fourth-order valence-electron chi connectivity index (χ4n) is 3.64. The van der Waals surface area contributed by atoms with Gasteiger partial charge >= 0.3 is 0 Å². The highest BCUT2D eigenvalue weighted by Crippen LogP contribution is 2.40. The Morgan fingerprint density at radius 2 is 1.87 bits per heavy atom. The van der Waals surface area contributed by atoms with Gasteiger partial charge in [0.05, 0.1) is 0 Å². The molecule has 2 aromatic rings. The molecule has 0 aromatic heterocycles. The van der Waals surface area contributed by atoms with Crippen LogP contribution in [0.3, 0.4) is 0 Å². The molecule has 0 aliphatic carbocycles.